The zero-order chi connectivity index (χ0) is 27.4. The minimum absolute atomic E-state index is 0.226. The highest BCUT2D eigenvalue weighted by Crippen LogP contribution is 2.46. The number of fused-ring (bicyclic) bond motifs is 1. The van der Waals surface area contributed by atoms with Gasteiger partial charge in [-0.2, -0.15) is 0 Å². The molecule has 202 valence electrons. The molecule has 1 aliphatic carbocycles. The average molecular weight is 519 g/mol. The van der Waals surface area contributed by atoms with E-state index in [1.165, 1.54) is 29.7 Å². The summed E-state index contributed by atoms with van der Waals surface area (Å²) in [6, 6.07) is 10.5. The number of aromatic nitrogens is 2. The number of benzene rings is 2. The lowest BCUT2D eigenvalue weighted by atomic mass is 9.70. The van der Waals surface area contributed by atoms with Crippen molar-refractivity contribution in [3.63, 3.8) is 0 Å². The van der Waals surface area contributed by atoms with Crippen LogP contribution in [0.1, 0.15) is 71.0 Å². The third kappa shape index (κ3) is 6.96. The first-order chi connectivity index (χ1) is 17.4. The van der Waals surface area contributed by atoms with Crippen LogP contribution in [0.3, 0.4) is 0 Å². The van der Waals surface area contributed by atoms with Crippen LogP contribution in [-0.2, 0) is 17.6 Å². The normalized spacial score (nSPS) is 19.1. The quantitative estimate of drug-likeness (QED) is 0.336. The standard InChI is InChI=1S/C27H34F3N3O.CH3NO/c1-6-18-8-13-23-24(22(18)7-2)32-25(33(23)20-14-17(3)15-26(4,5)16-20)31-19-9-11-21(12-10-19)34-27(28,29)30;2-1-3/h8-13,17,20H,6-7,14-16H2,1-5H3,(H,31,32);1H,(H2,2,3)/t17-,20+;/m0./s1. The smallest absolute Gasteiger partial charge is 0.406 e. The van der Waals surface area contributed by atoms with Crippen LogP contribution in [0.5, 0.6) is 5.75 Å². The van der Waals surface area contributed by atoms with Gasteiger partial charge < -0.3 is 20.4 Å². The Morgan fingerprint density at radius 3 is 2.32 bits per heavy atom. The maximum absolute atomic E-state index is 12.5. The van der Waals surface area contributed by atoms with E-state index < -0.39 is 6.36 Å². The van der Waals surface area contributed by atoms with E-state index in [4.69, 9.17) is 9.78 Å². The van der Waals surface area contributed by atoms with Gasteiger partial charge >= 0.3 is 6.36 Å². The minimum Gasteiger partial charge on any atom is -0.406 e. The van der Waals surface area contributed by atoms with Gasteiger partial charge in [0.25, 0.3) is 0 Å². The lowest BCUT2D eigenvalue weighted by Crippen LogP contribution is -2.29. The molecule has 1 saturated carbocycles. The topological polar surface area (TPSA) is 82.2 Å². The number of anilines is 2. The Hall–Kier alpha value is -3.23. The molecule has 1 heterocycles. The Labute approximate surface area is 216 Å². The lowest BCUT2D eigenvalue weighted by molar-refractivity contribution is -0.274. The van der Waals surface area contributed by atoms with E-state index in [9.17, 15) is 13.2 Å². The molecule has 4 rings (SSSR count). The molecule has 2 atom stereocenters. The first-order valence-electron chi connectivity index (χ1n) is 12.7. The summed E-state index contributed by atoms with van der Waals surface area (Å²) in [7, 11) is 0. The van der Waals surface area contributed by atoms with Gasteiger partial charge in [-0.25, -0.2) is 4.98 Å². The predicted molar refractivity (Wildman–Crippen MR) is 141 cm³/mol. The molecular weight excluding hydrogens is 481 g/mol. The van der Waals surface area contributed by atoms with E-state index in [2.05, 4.69) is 67.1 Å². The van der Waals surface area contributed by atoms with E-state index in [1.807, 2.05) is 0 Å². The van der Waals surface area contributed by atoms with Gasteiger partial charge in [0.05, 0.1) is 11.0 Å². The second-order valence-electron chi connectivity index (χ2n) is 10.5. The number of carbonyl (C=O) groups is 1. The Morgan fingerprint density at radius 1 is 1.14 bits per heavy atom. The average Bonchev–Trinajstić information content (AvgIpc) is 3.15. The molecule has 3 N–H and O–H groups in total. The summed E-state index contributed by atoms with van der Waals surface area (Å²) in [5, 5.41) is 3.40. The van der Waals surface area contributed by atoms with Crippen LogP contribution < -0.4 is 15.8 Å². The monoisotopic (exact) mass is 518 g/mol. The molecule has 1 aliphatic rings. The van der Waals surface area contributed by atoms with Gasteiger partial charge in [0.1, 0.15) is 5.75 Å². The first kappa shape index (κ1) is 28.3. The van der Waals surface area contributed by atoms with E-state index in [-0.39, 0.29) is 23.6 Å². The first-order valence-corrected chi connectivity index (χ1v) is 12.7. The van der Waals surface area contributed by atoms with Gasteiger partial charge in [-0.15, -0.1) is 13.2 Å². The van der Waals surface area contributed by atoms with Crippen LogP contribution in [-0.4, -0.2) is 22.3 Å². The number of nitrogens with one attached hydrogen (secondary N) is 1. The van der Waals surface area contributed by atoms with Crippen molar-refractivity contribution in [2.45, 2.75) is 79.1 Å². The van der Waals surface area contributed by atoms with Crippen LogP contribution in [0, 0.1) is 11.3 Å². The second-order valence-corrected chi connectivity index (χ2v) is 10.5. The molecule has 9 heteroatoms. The molecule has 0 unspecified atom stereocenters. The largest absolute Gasteiger partial charge is 0.573 e. The van der Waals surface area contributed by atoms with E-state index >= 15 is 0 Å². The fourth-order valence-electron chi connectivity index (χ4n) is 5.80. The molecule has 37 heavy (non-hydrogen) atoms. The number of halogens is 3. The summed E-state index contributed by atoms with van der Waals surface area (Å²) in [6.45, 7) is 11.3. The van der Waals surface area contributed by atoms with Crippen LogP contribution in [0.25, 0.3) is 11.0 Å². The minimum atomic E-state index is -4.71. The van der Waals surface area contributed by atoms with Crippen molar-refractivity contribution in [2.75, 3.05) is 5.32 Å². The van der Waals surface area contributed by atoms with Crippen LogP contribution in [0.15, 0.2) is 36.4 Å². The molecule has 0 aliphatic heterocycles. The predicted octanol–water partition coefficient (Wildman–Crippen LogP) is 7.29. The molecule has 6 nitrogen and oxygen atoms in total. The number of alkyl halides is 3. The summed E-state index contributed by atoms with van der Waals surface area (Å²) >= 11 is 0. The van der Waals surface area contributed by atoms with Gasteiger partial charge in [-0.05, 0) is 84.9 Å². The number of ether oxygens (including phenoxy) is 1. The number of aryl methyl sites for hydroxylation is 2. The van der Waals surface area contributed by atoms with Crippen molar-refractivity contribution in [3.8, 4) is 5.75 Å². The highest BCUT2D eigenvalue weighted by Gasteiger charge is 2.35. The molecule has 0 saturated heterocycles. The molecular formula is C28H37F3N4O2. The number of rotatable bonds is 6. The number of hydrogen-bond donors (Lipinski definition) is 2. The third-order valence-electron chi connectivity index (χ3n) is 6.87. The lowest BCUT2D eigenvalue weighted by Gasteiger charge is -2.40. The summed E-state index contributed by atoms with van der Waals surface area (Å²) in [4.78, 5) is 13.6. The van der Waals surface area contributed by atoms with E-state index in [1.54, 1.807) is 12.1 Å². The molecule has 0 bridgehead atoms. The highest BCUT2D eigenvalue weighted by atomic mass is 19.4. The zero-order valence-electron chi connectivity index (χ0n) is 22.2. The SMILES string of the molecule is CCc1ccc2c(nc(Nc3ccc(OC(F)(F)F)cc3)n2[C@@H]2C[C@H](C)CC(C)(C)C2)c1CC.NC=O. The number of amides is 1. The van der Waals surface area contributed by atoms with Crippen molar-refractivity contribution in [1.82, 2.24) is 9.55 Å². The van der Waals surface area contributed by atoms with Gasteiger partial charge in [-0.1, -0.05) is 40.7 Å². The van der Waals surface area contributed by atoms with Crippen molar-refractivity contribution < 1.29 is 22.7 Å². The van der Waals surface area contributed by atoms with E-state index in [0.29, 0.717) is 11.6 Å². The number of primary amides is 1. The summed E-state index contributed by atoms with van der Waals surface area (Å²) in [5.74, 6) is 1.09. The fraction of sp³-hybridized carbons (Fsp3) is 0.500. The molecule has 2 aromatic carbocycles. The second kappa shape index (κ2) is 11.4. The van der Waals surface area contributed by atoms with Crippen LogP contribution >= 0.6 is 0 Å². The number of hydrogen-bond acceptors (Lipinski definition) is 4. The maximum atomic E-state index is 12.5. The van der Waals surface area contributed by atoms with Crippen molar-refractivity contribution in [3.05, 3.63) is 47.5 Å². The Bertz CT molecular complexity index is 1200. The number of carbonyl (C=O) groups excluding carboxylic acids is 1. The Balaban J connectivity index is 0.00000121. The van der Waals surface area contributed by atoms with Gasteiger partial charge in [-0.3, -0.25) is 4.79 Å². The Kier molecular flexibility index (Phi) is 8.76. The summed E-state index contributed by atoms with van der Waals surface area (Å²) < 4.78 is 44.0. The molecule has 3 aromatic rings. The maximum Gasteiger partial charge on any atom is 0.573 e. The third-order valence-corrected chi connectivity index (χ3v) is 6.87. The van der Waals surface area contributed by atoms with Crippen LogP contribution in [0.4, 0.5) is 24.8 Å². The van der Waals surface area contributed by atoms with Crippen molar-refractivity contribution >= 4 is 29.1 Å². The molecule has 1 amide bonds. The zero-order valence-corrected chi connectivity index (χ0v) is 22.2. The van der Waals surface area contributed by atoms with Gasteiger partial charge in [0.2, 0.25) is 12.4 Å². The van der Waals surface area contributed by atoms with Gasteiger partial charge in [0.15, 0.2) is 0 Å². The van der Waals surface area contributed by atoms with Crippen molar-refractivity contribution in [2.24, 2.45) is 17.1 Å². The summed E-state index contributed by atoms with van der Waals surface area (Å²) in [6.07, 6.45) is 0.697. The number of nitrogens with zero attached hydrogens (tertiary/aromatic N) is 2. The molecule has 1 aromatic heterocycles. The summed E-state index contributed by atoms with van der Waals surface area (Å²) in [5.41, 5.74) is 9.75. The van der Waals surface area contributed by atoms with Crippen LogP contribution in [0.2, 0.25) is 0 Å². The molecule has 1 fully saturated rings. The Morgan fingerprint density at radius 2 is 1.78 bits per heavy atom. The molecule has 0 spiro atoms. The highest BCUT2D eigenvalue weighted by molar-refractivity contribution is 5.84. The molecule has 0 radical (unpaired) electrons. The van der Waals surface area contributed by atoms with Gasteiger partial charge in [0, 0.05) is 11.7 Å². The fourth-order valence-corrected chi connectivity index (χ4v) is 5.80. The number of imidazole rings is 1. The number of nitrogens with two attached hydrogens (primary N) is 1. The van der Waals surface area contributed by atoms with Crippen molar-refractivity contribution in [1.29, 1.82) is 0 Å². The van der Waals surface area contributed by atoms with E-state index in [0.717, 1.165) is 42.7 Å².